The van der Waals surface area contributed by atoms with Crippen molar-refractivity contribution in [1.82, 2.24) is 0 Å². The van der Waals surface area contributed by atoms with Gasteiger partial charge in [-0.05, 0) is 77.0 Å². The number of hydrogen-bond acceptors (Lipinski definition) is 8. The third-order valence-electron chi connectivity index (χ3n) is 10.5. The van der Waals surface area contributed by atoms with Crippen LogP contribution in [0.1, 0.15) is 206 Å². The van der Waals surface area contributed by atoms with Crippen molar-refractivity contribution in [3.8, 4) is 0 Å². The highest BCUT2D eigenvalue weighted by atomic mass is 16.7. The molecule has 2 unspecified atom stereocenters. The normalized spacial score (nSPS) is 13.3. The molecule has 0 aromatic rings. The summed E-state index contributed by atoms with van der Waals surface area (Å²) in [6, 6.07) is 0. The minimum atomic E-state index is -1.63. The van der Waals surface area contributed by atoms with E-state index in [-0.39, 0.29) is 38.6 Å². The number of unbranched alkanes of at least 4 members (excludes halogenated alkanes) is 22. The second-order valence-corrected chi connectivity index (χ2v) is 17.7. The largest absolute Gasteiger partial charge is 0.545 e. The molecule has 0 spiro atoms. The molecule has 0 saturated carbocycles. The van der Waals surface area contributed by atoms with Gasteiger partial charge in [0.1, 0.15) is 13.2 Å². The maximum absolute atomic E-state index is 12.8. The smallest absolute Gasteiger partial charge is 0.306 e. The van der Waals surface area contributed by atoms with Crippen molar-refractivity contribution in [2.24, 2.45) is 0 Å². The average Bonchev–Trinajstić information content (AvgIpc) is 3.22. The van der Waals surface area contributed by atoms with Crippen molar-refractivity contribution >= 4 is 17.9 Å². The first-order valence-electron chi connectivity index (χ1n) is 24.8. The Bertz CT molecular complexity index is 1140. The van der Waals surface area contributed by atoms with E-state index >= 15 is 0 Å². The summed E-state index contributed by atoms with van der Waals surface area (Å²) in [5, 5.41) is 11.7. The lowest BCUT2D eigenvalue weighted by Gasteiger charge is -2.26. The zero-order valence-corrected chi connectivity index (χ0v) is 40.0. The summed E-state index contributed by atoms with van der Waals surface area (Å²) in [5.41, 5.74) is 0. The van der Waals surface area contributed by atoms with E-state index in [0.717, 1.165) is 77.0 Å². The van der Waals surface area contributed by atoms with Gasteiger partial charge in [0, 0.05) is 12.8 Å². The summed E-state index contributed by atoms with van der Waals surface area (Å²) < 4.78 is 22.6. The van der Waals surface area contributed by atoms with Crippen LogP contribution < -0.4 is 5.11 Å². The molecule has 9 heteroatoms. The molecule has 0 aliphatic heterocycles. The average molecular weight is 860 g/mol. The van der Waals surface area contributed by atoms with Crippen LogP contribution in [0.3, 0.4) is 0 Å². The molecule has 0 heterocycles. The molecule has 0 N–H and O–H groups in total. The monoisotopic (exact) mass is 860 g/mol. The van der Waals surface area contributed by atoms with E-state index < -0.39 is 24.3 Å². The summed E-state index contributed by atoms with van der Waals surface area (Å²) in [6.45, 7) is 4.69. The standard InChI is InChI=1S/C52H93NO8/c1-6-8-10-12-14-16-18-20-22-23-24-25-26-27-29-31-33-35-37-39-41-43-50(55)61-48(47-60-52(51(56)57)58-45-44-53(3,4)5)46-59-49(54)42-40-38-36-34-32-30-28-21-19-17-15-13-11-9-7-2/h15,17-18,20-21,23-24,28,48,52H,6-14,16,19,22,25-27,29-47H2,1-5H3/b17-15-,20-18-,24-23-,28-21-. The summed E-state index contributed by atoms with van der Waals surface area (Å²) in [5.74, 6) is -2.31. The van der Waals surface area contributed by atoms with Gasteiger partial charge >= 0.3 is 11.9 Å². The fraction of sp³-hybridized carbons (Fsp3) is 0.788. The number of carbonyl (C=O) groups excluding carboxylic acids is 3. The van der Waals surface area contributed by atoms with Gasteiger partial charge in [0.25, 0.3) is 0 Å². The zero-order chi connectivity index (χ0) is 44.9. The number of aliphatic carboxylic acids is 1. The van der Waals surface area contributed by atoms with Crippen molar-refractivity contribution in [3.63, 3.8) is 0 Å². The number of esters is 2. The van der Waals surface area contributed by atoms with E-state index in [1.807, 2.05) is 21.1 Å². The molecule has 0 saturated heterocycles. The lowest BCUT2D eigenvalue weighted by atomic mass is 10.1. The van der Waals surface area contributed by atoms with Crippen molar-refractivity contribution in [2.45, 2.75) is 219 Å². The van der Waals surface area contributed by atoms with Crippen molar-refractivity contribution < 1.29 is 42.9 Å². The maximum atomic E-state index is 12.8. The lowest BCUT2D eigenvalue weighted by Crippen LogP contribution is -2.44. The molecule has 0 radical (unpaired) electrons. The first kappa shape index (κ1) is 58.2. The van der Waals surface area contributed by atoms with Crippen LogP contribution in [0.15, 0.2) is 48.6 Å². The Morgan fingerprint density at radius 1 is 0.492 bits per heavy atom. The first-order chi connectivity index (χ1) is 29.6. The molecule has 0 aromatic carbocycles. The van der Waals surface area contributed by atoms with E-state index in [2.05, 4.69) is 62.5 Å². The van der Waals surface area contributed by atoms with Crippen LogP contribution in [-0.4, -0.2) is 82.3 Å². The van der Waals surface area contributed by atoms with Gasteiger partial charge in [-0.3, -0.25) is 9.59 Å². The molecule has 0 amide bonds. The number of rotatable bonds is 45. The van der Waals surface area contributed by atoms with Gasteiger partial charge in [0.15, 0.2) is 12.4 Å². The van der Waals surface area contributed by atoms with Crippen LogP contribution in [-0.2, 0) is 33.3 Å². The van der Waals surface area contributed by atoms with Crippen LogP contribution >= 0.6 is 0 Å². The number of carboxylic acid groups (broad SMARTS) is 1. The minimum Gasteiger partial charge on any atom is -0.545 e. The summed E-state index contributed by atoms with van der Waals surface area (Å²) in [6.07, 6.45) is 48.5. The molecule has 9 nitrogen and oxygen atoms in total. The summed E-state index contributed by atoms with van der Waals surface area (Å²) in [4.78, 5) is 37.1. The molecule has 61 heavy (non-hydrogen) atoms. The number of likely N-dealkylation sites (N-methyl/N-ethyl adjacent to an activating group) is 1. The Morgan fingerprint density at radius 2 is 0.885 bits per heavy atom. The molecule has 0 rings (SSSR count). The van der Waals surface area contributed by atoms with Gasteiger partial charge in [-0.25, -0.2) is 0 Å². The Morgan fingerprint density at radius 3 is 1.33 bits per heavy atom. The predicted molar refractivity (Wildman–Crippen MR) is 251 cm³/mol. The molecule has 0 aliphatic carbocycles. The van der Waals surface area contributed by atoms with Crippen LogP contribution in [0.2, 0.25) is 0 Å². The fourth-order valence-electron chi connectivity index (χ4n) is 6.65. The number of carbonyl (C=O) groups is 3. The second-order valence-electron chi connectivity index (χ2n) is 17.7. The predicted octanol–water partition coefficient (Wildman–Crippen LogP) is 12.2. The number of ether oxygens (including phenoxy) is 4. The van der Waals surface area contributed by atoms with E-state index in [1.165, 1.54) is 96.3 Å². The number of quaternary nitrogens is 1. The molecule has 0 bridgehead atoms. The highest BCUT2D eigenvalue weighted by Crippen LogP contribution is 2.14. The SMILES string of the molecule is CCCCC/C=C\C/C=C\CCCCCCCC(=O)OCC(COC(OCC[N+](C)(C)C)C(=O)[O-])OC(=O)CCCCCCCCCCC/C=C\C/C=C\CCCCCCC. The molecule has 354 valence electrons. The third-order valence-corrected chi connectivity index (χ3v) is 10.5. The number of carboxylic acids is 1. The van der Waals surface area contributed by atoms with Crippen LogP contribution in [0.4, 0.5) is 0 Å². The number of hydrogen-bond donors (Lipinski definition) is 0. The fourth-order valence-corrected chi connectivity index (χ4v) is 6.65. The van der Waals surface area contributed by atoms with E-state index in [1.54, 1.807) is 0 Å². The summed E-state index contributed by atoms with van der Waals surface area (Å²) in [7, 11) is 5.90. The second kappa shape index (κ2) is 43.9. The highest BCUT2D eigenvalue weighted by Gasteiger charge is 2.21. The Labute approximate surface area is 374 Å². The molecule has 0 aliphatic rings. The van der Waals surface area contributed by atoms with Crippen molar-refractivity contribution in [2.75, 3.05) is 47.5 Å². The van der Waals surface area contributed by atoms with Crippen LogP contribution in [0.25, 0.3) is 0 Å². The van der Waals surface area contributed by atoms with Gasteiger partial charge in [-0.2, -0.15) is 0 Å². The van der Waals surface area contributed by atoms with Crippen LogP contribution in [0, 0.1) is 0 Å². The molecule has 0 aromatic heterocycles. The van der Waals surface area contributed by atoms with Gasteiger partial charge in [0.2, 0.25) is 0 Å². The van der Waals surface area contributed by atoms with Gasteiger partial charge in [-0.1, -0.05) is 165 Å². The molecular formula is C52H93NO8. The van der Waals surface area contributed by atoms with Crippen LogP contribution in [0.5, 0.6) is 0 Å². The van der Waals surface area contributed by atoms with Crippen molar-refractivity contribution in [3.05, 3.63) is 48.6 Å². The van der Waals surface area contributed by atoms with Crippen molar-refractivity contribution in [1.29, 1.82) is 0 Å². The Balaban J connectivity index is 4.38. The van der Waals surface area contributed by atoms with E-state index in [9.17, 15) is 19.5 Å². The topological polar surface area (TPSA) is 111 Å². The van der Waals surface area contributed by atoms with Gasteiger partial charge in [-0.15, -0.1) is 0 Å². The Kier molecular flexibility index (Phi) is 41.9. The minimum absolute atomic E-state index is 0.143. The zero-order valence-electron chi connectivity index (χ0n) is 40.0. The van der Waals surface area contributed by atoms with Gasteiger partial charge in [0.05, 0.1) is 40.3 Å². The number of allylic oxidation sites excluding steroid dienone is 8. The quantitative estimate of drug-likeness (QED) is 0.0196. The molecule has 2 atom stereocenters. The highest BCUT2D eigenvalue weighted by molar-refractivity contribution is 5.70. The maximum Gasteiger partial charge on any atom is 0.306 e. The lowest BCUT2D eigenvalue weighted by molar-refractivity contribution is -0.870. The molecule has 0 fully saturated rings. The number of nitrogens with zero attached hydrogens (tertiary/aromatic N) is 1. The van der Waals surface area contributed by atoms with E-state index in [0.29, 0.717) is 17.4 Å². The third kappa shape index (κ3) is 45.1. The van der Waals surface area contributed by atoms with E-state index in [4.69, 9.17) is 18.9 Å². The Hall–Kier alpha value is -2.75. The van der Waals surface area contributed by atoms with Gasteiger partial charge < -0.3 is 33.3 Å². The first-order valence-corrected chi connectivity index (χ1v) is 24.8. The summed E-state index contributed by atoms with van der Waals surface area (Å²) >= 11 is 0. The molecular weight excluding hydrogens is 767 g/mol.